The van der Waals surface area contributed by atoms with E-state index in [1.54, 1.807) is 18.3 Å². The minimum atomic E-state index is 0.108. The Balaban J connectivity index is 2.00. The van der Waals surface area contributed by atoms with Crippen molar-refractivity contribution in [3.8, 4) is 33.9 Å². The fourth-order valence-corrected chi connectivity index (χ4v) is 2.66. The molecule has 0 saturated heterocycles. The first kappa shape index (κ1) is 17.2. The van der Waals surface area contributed by atoms with E-state index in [9.17, 15) is 5.11 Å². The van der Waals surface area contributed by atoms with Crippen LogP contribution in [0.15, 0.2) is 71.6 Å². The second-order valence-corrected chi connectivity index (χ2v) is 6.63. The molecule has 0 aliphatic rings. The zero-order valence-electron chi connectivity index (χ0n) is 13.7. The highest BCUT2D eigenvalue weighted by molar-refractivity contribution is 9.10. The summed E-state index contributed by atoms with van der Waals surface area (Å²) in [5.41, 5.74) is 4.03. The molecular formula is C20H17BrN2O2. The molecule has 4 nitrogen and oxygen atoms in total. The molecule has 1 heterocycles. The van der Waals surface area contributed by atoms with Crippen LogP contribution in [-0.4, -0.2) is 21.7 Å². The molecule has 0 fully saturated rings. The summed E-state index contributed by atoms with van der Waals surface area (Å²) in [5.74, 6) is 0.694. The molecule has 2 aromatic carbocycles. The lowest BCUT2D eigenvalue weighted by Crippen LogP contribution is -1.98. The Morgan fingerprint density at radius 3 is 2.60 bits per heavy atom. The second-order valence-electron chi connectivity index (χ2n) is 5.72. The van der Waals surface area contributed by atoms with Crippen LogP contribution < -0.4 is 4.74 Å². The Morgan fingerprint density at radius 2 is 1.92 bits per heavy atom. The van der Waals surface area contributed by atoms with Crippen LogP contribution in [0, 0.1) is 0 Å². The van der Waals surface area contributed by atoms with E-state index in [0.29, 0.717) is 23.6 Å². The van der Waals surface area contributed by atoms with Gasteiger partial charge in [0.25, 0.3) is 0 Å². The molecule has 0 radical (unpaired) electrons. The fraction of sp³-hybridized carbons (Fsp3) is 0.100. The van der Waals surface area contributed by atoms with E-state index in [4.69, 9.17) is 4.74 Å². The zero-order chi connectivity index (χ0) is 17.8. The highest BCUT2D eigenvalue weighted by Crippen LogP contribution is 2.36. The van der Waals surface area contributed by atoms with Gasteiger partial charge in [-0.15, -0.1) is 0 Å². The Labute approximate surface area is 155 Å². The summed E-state index contributed by atoms with van der Waals surface area (Å²) in [7, 11) is 0. The highest BCUT2D eigenvalue weighted by Gasteiger charge is 2.13. The highest BCUT2D eigenvalue weighted by atomic mass is 79.9. The largest absolute Gasteiger partial charge is 0.507 e. The number of ether oxygens (including phenoxy) is 1. The van der Waals surface area contributed by atoms with Crippen LogP contribution in [-0.2, 0) is 0 Å². The standard InChI is InChI=1S/C20H17BrN2O2/c1-13(2)11-25-16-7-8-17(19(24)9-16)20-18(10-22-12-23-20)14-3-5-15(21)6-4-14/h3-10,12,24H,1,11H2,2H3. The lowest BCUT2D eigenvalue weighted by atomic mass is 10.0. The Bertz CT molecular complexity index is 908. The van der Waals surface area contributed by atoms with Crippen LogP contribution in [0.1, 0.15) is 6.92 Å². The summed E-state index contributed by atoms with van der Waals surface area (Å²) in [6, 6.07) is 13.1. The second kappa shape index (κ2) is 7.49. The van der Waals surface area contributed by atoms with Gasteiger partial charge in [-0.25, -0.2) is 9.97 Å². The van der Waals surface area contributed by atoms with Gasteiger partial charge in [0, 0.05) is 27.9 Å². The summed E-state index contributed by atoms with van der Waals surface area (Å²) < 4.78 is 6.57. The van der Waals surface area contributed by atoms with Gasteiger partial charge in [-0.1, -0.05) is 34.6 Å². The molecule has 1 aromatic heterocycles. The van der Waals surface area contributed by atoms with Crippen molar-refractivity contribution in [1.29, 1.82) is 0 Å². The lowest BCUT2D eigenvalue weighted by molar-refractivity contribution is 0.350. The van der Waals surface area contributed by atoms with E-state index < -0.39 is 0 Å². The summed E-state index contributed by atoms with van der Waals surface area (Å²) in [6.45, 7) is 6.10. The van der Waals surface area contributed by atoms with Crippen molar-refractivity contribution in [1.82, 2.24) is 9.97 Å². The van der Waals surface area contributed by atoms with E-state index in [-0.39, 0.29) is 5.75 Å². The third-order valence-corrected chi connectivity index (χ3v) is 4.11. The Hall–Kier alpha value is -2.66. The molecule has 126 valence electrons. The molecule has 0 atom stereocenters. The van der Waals surface area contributed by atoms with E-state index in [1.807, 2.05) is 37.3 Å². The van der Waals surface area contributed by atoms with E-state index in [2.05, 4.69) is 32.5 Å². The summed E-state index contributed by atoms with van der Waals surface area (Å²) in [4.78, 5) is 8.50. The molecule has 3 rings (SSSR count). The van der Waals surface area contributed by atoms with Crippen LogP contribution in [0.3, 0.4) is 0 Å². The number of aromatic hydroxyl groups is 1. The number of phenolic OH excluding ortho intramolecular Hbond substituents is 1. The molecule has 5 heteroatoms. The molecule has 0 aliphatic heterocycles. The van der Waals surface area contributed by atoms with Gasteiger partial charge in [0.2, 0.25) is 0 Å². The van der Waals surface area contributed by atoms with Gasteiger partial charge in [-0.3, -0.25) is 0 Å². The third-order valence-electron chi connectivity index (χ3n) is 3.58. The lowest BCUT2D eigenvalue weighted by Gasteiger charge is -2.12. The third kappa shape index (κ3) is 4.06. The normalized spacial score (nSPS) is 10.5. The van der Waals surface area contributed by atoms with Crippen molar-refractivity contribution in [2.45, 2.75) is 6.92 Å². The average Bonchev–Trinajstić information content (AvgIpc) is 2.61. The summed E-state index contributed by atoms with van der Waals surface area (Å²) >= 11 is 3.43. The van der Waals surface area contributed by atoms with E-state index in [0.717, 1.165) is 21.2 Å². The zero-order valence-corrected chi connectivity index (χ0v) is 15.3. The van der Waals surface area contributed by atoms with Crippen molar-refractivity contribution in [2.75, 3.05) is 6.61 Å². The quantitative estimate of drug-likeness (QED) is 0.599. The average molecular weight is 397 g/mol. The summed E-state index contributed by atoms with van der Waals surface area (Å²) in [6.07, 6.45) is 3.22. The molecule has 0 aliphatic carbocycles. The van der Waals surface area contributed by atoms with Crippen molar-refractivity contribution < 1.29 is 9.84 Å². The van der Waals surface area contributed by atoms with Gasteiger partial charge >= 0.3 is 0 Å². The number of hydrogen-bond donors (Lipinski definition) is 1. The van der Waals surface area contributed by atoms with Crippen LogP contribution in [0.2, 0.25) is 0 Å². The fourth-order valence-electron chi connectivity index (χ4n) is 2.39. The molecule has 0 spiro atoms. The van der Waals surface area contributed by atoms with Gasteiger partial charge in [0.05, 0.1) is 5.69 Å². The first-order valence-corrected chi connectivity index (χ1v) is 8.50. The van der Waals surface area contributed by atoms with E-state index >= 15 is 0 Å². The van der Waals surface area contributed by atoms with Crippen LogP contribution in [0.25, 0.3) is 22.4 Å². The molecule has 25 heavy (non-hydrogen) atoms. The van der Waals surface area contributed by atoms with Crippen molar-refractivity contribution in [2.24, 2.45) is 0 Å². The first-order chi connectivity index (χ1) is 12.0. The molecule has 3 aromatic rings. The van der Waals surface area contributed by atoms with Crippen LogP contribution >= 0.6 is 15.9 Å². The van der Waals surface area contributed by atoms with Crippen LogP contribution in [0.5, 0.6) is 11.5 Å². The molecule has 0 saturated carbocycles. The minimum absolute atomic E-state index is 0.108. The molecule has 1 N–H and O–H groups in total. The maximum Gasteiger partial charge on any atom is 0.128 e. The van der Waals surface area contributed by atoms with Crippen molar-refractivity contribution >= 4 is 15.9 Å². The number of nitrogens with zero attached hydrogens (tertiary/aromatic N) is 2. The first-order valence-electron chi connectivity index (χ1n) is 7.71. The molecule has 0 amide bonds. The Morgan fingerprint density at radius 1 is 1.16 bits per heavy atom. The van der Waals surface area contributed by atoms with Gasteiger partial charge in [0.15, 0.2) is 0 Å². The molecular weight excluding hydrogens is 380 g/mol. The summed E-state index contributed by atoms with van der Waals surface area (Å²) in [5, 5.41) is 10.5. The number of aromatic nitrogens is 2. The minimum Gasteiger partial charge on any atom is -0.507 e. The van der Waals surface area contributed by atoms with Gasteiger partial charge in [-0.05, 0) is 42.3 Å². The molecule has 0 bridgehead atoms. The monoisotopic (exact) mass is 396 g/mol. The number of hydrogen-bond acceptors (Lipinski definition) is 4. The predicted molar refractivity (Wildman–Crippen MR) is 103 cm³/mol. The number of phenols is 1. The SMILES string of the molecule is C=C(C)COc1ccc(-c2ncncc2-c2ccc(Br)cc2)c(O)c1. The van der Waals surface area contributed by atoms with Crippen molar-refractivity contribution in [3.05, 3.63) is 71.6 Å². The van der Waals surface area contributed by atoms with E-state index in [1.165, 1.54) is 6.33 Å². The van der Waals surface area contributed by atoms with Gasteiger partial charge < -0.3 is 9.84 Å². The number of benzene rings is 2. The molecule has 0 unspecified atom stereocenters. The van der Waals surface area contributed by atoms with Gasteiger partial charge in [-0.2, -0.15) is 0 Å². The smallest absolute Gasteiger partial charge is 0.128 e. The maximum atomic E-state index is 10.5. The topological polar surface area (TPSA) is 55.2 Å². The van der Waals surface area contributed by atoms with Gasteiger partial charge in [0.1, 0.15) is 24.4 Å². The Kier molecular flexibility index (Phi) is 5.14. The number of rotatable bonds is 5. The maximum absolute atomic E-state index is 10.5. The number of halogens is 1. The van der Waals surface area contributed by atoms with Crippen LogP contribution in [0.4, 0.5) is 0 Å². The predicted octanol–water partition coefficient (Wildman–Crippen LogP) is 5.23. The van der Waals surface area contributed by atoms with Crippen molar-refractivity contribution in [3.63, 3.8) is 0 Å².